The Morgan fingerprint density at radius 1 is 1.17 bits per heavy atom. The molecule has 2 aromatic carbocycles. The second-order valence-electron chi connectivity index (χ2n) is 6.03. The molecule has 2 atom stereocenters. The van der Waals surface area contributed by atoms with E-state index in [4.69, 9.17) is 0 Å². The second-order valence-corrected chi connectivity index (χ2v) is 6.03. The molecule has 3 nitrogen and oxygen atoms in total. The molecule has 0 fully saturated rings. The average Bonchev–Trinajstić information content (AvgIpc) is 2.57. The van der Waals surface area contributed by atoms with Crippen molar-refractivity contribution in [2.75, 3.05) is 5.32 Å². The molecule has 0 spiro atoms. The summed E-state index contributed by atoms with van der Waals surface area (Å²) in [6, 6.07) is 14.1. The molecule has 3 rings (SSSR count). The van der Waals surface area contributed by atoms with Crippen molar-refractivity contribution in [2.45, 2.75) is 38.3 Å². The molecule has 0 bridgehead atoms. The third-order valence-electron chi connectivity index (χ3n) is 4.33. The predicted molar refractivity (Wildman–Crippen MR) is 89.7 cm³/mol. The van der Waals surface area contributed by atoms with Crippen LogP contribution in [0.15, 0.2) is 48.5 Å². The van der Waals surface area contributed by atoms with E-state index in [9.17, 15) is 9.18 Å². The van der Waals surface area contributed by atoms with Gasteiger partial charge in [0.25, 0.3) is 0 Å². The molecule has 1 aliphatic carbocycles. The Balaban J connectivity index is 1.64. The first-order valence-electron chi connectivity index (χ1n) is 8.04. The largest absolute Gasteiger partial charge is 0.325 e. The van der Waals surface area contributed by atoms with Gasteiger partial charge in [-0.25, -0.2) is 4.39 Å². The van der Waals surface area contributed by atoms with Gasteiger partial charge in [-0.1, -0.05) is 24.3 Å². The van der Waals surface area contributed by atoms with Crippen molar-refractivity contribution < 1.29 is 9.18 Å². The second kappa shape index (κ2) is 6.92. The molecule has 1 aliphatic rings. The lowest BCUT2D eigenvalue weighted by Crippen LogP contribution is -2.41. The molecular weight excluding hydrogens is 291 g/mol. The number of benzene rings is 2. The van der Waals surface area contributed by atoms with Crippen molar-refractivity contribution in [3.8, 4) is 0 Å². The van der Waals surface area contributed by atoms with E-state index >= 15 is 0 Å². The molecule has 0 radical (unpaired) electrons. The number of anilines is 1. The minimum absolute atomic E-state index is 0.111. The van der Waals surface area contributed by atoms with Gasteiger partial charge in [0.2, 0.25) is 5.91 Å². The summed E-state index contributed by atoms with van der Waals surface area (Å²) >= 11 is 0. The summed E-state index contributed by atoms with van der Waals surface area (Å²) in [6.45, 7) is 1.86. The molecule has 0 saturated carbocycles. The summed E-state index contributed by atoms with van der Waals surface area (Å²) < 4.78 is 12.9. The van der Waals surface area contributed by atoms with Gasteiger partial charge in [-0.2, -0.15) is 0 Å². The van der Waals surface area contributed by atoms with Crippen LogP contribution in [0, 0.1) is 5.82 Å². The first kappa shape index (κ1) is 15.7. The summed E-state index contributed by atoms with van der Waals surface area (Å²) in [4.78, 5) is 12.3. The smallest absolute Gasteiger partial charge is 0.241 e. The van der Waals surface area contributed by atoms with Gasteiger partial charge in [0, 0.05) is 11.7 Å². The molecule has 120 valence electrons. The van der Waals surface area contributed by atoms with Crippen LogP contribution in [0.5, 0.6) is 0 Å². The molecule has 23 heavy (non-hydrogen) atoms. The quantitative estimate of drug-likeness (QED) is 0.901. The molecule has 0 aliphatic heterocycles. The lowest BCUT2D eigenvalue weighted by molar-refractivity contribution is -0.118. The molecule has 0 unspecified atom stereocenters. The Hall–Kier alpha value is -2.20. The van der Waals surface area contributed by atoms with Crippen molar-refractivity contribution in [3.05, 3.63) is 65.5 Å². The molecular formula is C19H21FN2O. The van der Waals surface area contributed by atoms with Crippen LogP contribution >= 0.6 is 0 Å². The molecule has 4 heteroatoms. The highest BCUT2D eigenvalue weighted by Gasteiger charge is 2.23. The van der Waals surface area contributed by atoms with Gasteiger partial charge >= 0.3 is 0 Å². The van der Waals surface area contributed by atoms with E-state index in [1.165, 1.54) is 23.3 Å². The third kappa shape index (κ3) is 3.77. The molecule has 2 N–H and O–H groups in total. The monoisotopic (exact) mass is 312 g/mol. The highest BCUT2D eigenvalue weighted by Crippen LogP contribution is 2.29. The van der Waals surface area contributed by atoms with E-state index in [-0.39, 0.29) is 23.8 Å². The summed E-state index contributed by atoms with van der Waals surface area (Å²) in [5.41, 5.74) is 3.26. The number of hydrogen-bond donors (Lipinski definition) is 2. The number of hydrogen-bond acceptors (Lipinski definition) is 2. The van der Waals surface area contributed by atoms with Crippen molar-refractivity contribution in [3.63, 3.8) is 0 Å². The van der Waals surface area contributed by atoms with E-state index in [1.54, 1.807) is 12.1 Å². The third-order valence-corrected chi connectivity index (χ3v) is 4.33. The summed E-state index contributed by atoms with van der Waals surface area (Å²) in [5, 5.41) is 6.23. The summed E-state index contributed by atoms with van der Waals surface area (Å²) in [6.07, 6.45) is 3.26. The van der Waals surface area contributed by atoms with E-state index < -0.39 is 0 Å². The van der Waals surface area contributed by atoms with Crippen molar-refractivity contribution >= 4 is 11.6 Å². The van der Waals surface area contributed by atoms with Gasteiger partial charge in [-0.05, 0) is 61.6 Å². The minimum atomic E-state index is -0.323. The van der Waals surface area contributed by atoms with Gasteiger partial charge in [-0.3, -0.25) is 10.1 Å². The fourth-order valence-electron chi connectivity index (χ4n) is 3.09. The number of rotatable bonds is 4. The Kier molecular flexibility index (Phi) is 4.72. The highest BCUT2D eigenvalue weighted by molar-refractivity contribution is 5.94. The molecule has 0 saturated heterocycles. The summed E-state index contributed by atoms with van der Waals surface area (Å²) in [7, 11) is 0. The van der Waals surface area contributed by atoms with Crippen LogP contribution in [0.1, 0.15) is 36.9 Å². The minimum Gasteiger partial charge on any atom is -0.325 e. The van der Waals surface area contributed by atoms with Crippen LogP contribution in [0.4, 0.5) is 10.1 Å². The van der Waals surface area contributed by atoms with Crippen molar-refractivity contribution in [1.29, 1.82) is 0 Å². The van der Waals surface area contributed by atoms with Gasteiger partial charge in [-0.15, -0.1) is 0 Å². The zero-order valence-electron chi connectivity index (χ0n) is 13.2. The number of carbonyl (C=O) groups is 1. The fraction of sp³-hybridized carbons (Fsp3) is 0.316. The number of carbonyl (C=O) groups excluding carboxylic acids is 1. The SMILES string of the molecule is C[C@H](N[C@H]1CCCc2ccccc21)C(=O)Nc1ccc(F)cc1. The molecule has 0 aromatic heterocycles. The van der Waals surface area contributed by atoms with Crippen LogP contribution < -0.4 is 10.6 Å². The number of halogens is 1. The maximum atomic E-state index is 12.9. The topological polar surface area (TPSA) is 41.1 Å². The van der Waals surface area contributed by atoms with Gasteiger partial charge in [0.1, 0.15) is 5.82 Å². The average molecular weight is 312 g/mol. The van der Waals surface area contributed by atoms with Crippen LogP contribution in [0.2, 0.25) is 0 Å². The van der Waals surface area contributed by atoms with Crippen LogP contribution in [0.3, 0.4) is 0 Å². The van der Waals surface area contributed by atoms with Crippen molar-refractivity contribution in [1.82, 2.24) is 5.32 Å². The van der Waals surface area contributed by atoms with Gasteiger partial charge in [0.15, 0.2) is 0 Å². The summed E-state index contributed by atoms with van der Waals surface area (Å²) in [5.74, 6) is -0.423. The normalized spacial score (nSPS) is 18.1. The van der Waals surface area contributed by atoms with Crippen LogP contribution in [-0.4, -0.2) is 11.9 Å². The number of amides is 1. The van der Waals surface area contributed by atoms with E-state index in [1.807, 2.05) is 13.0 Å². The van der Waals surface area contributed by atoms with Crippen molar-refractivity contribution in [2.24, 2.45) is 0 Å². The molecule has 1 amide bonds. The fourth-order valence-corrected chi connectivity index (χ4v) is 3.09. The maximum absolute atomic E-state index is 12.9. The van der Waals surface area contributed by atoms with E-state index in [0.29, 0.717) is 5.69 Å². The van der Waals surface area contributed by atoms with E-state index in [0.717, 1.165) is 19.3 Å². The molecule has 2 aromatic rings. The highest BCUT2D eigenvalue weighted by atomic mass is 19.1. The standard InChI is InChI=1S/C19H21FN2O/c1-13(19(23)22-16-11-9-15(20)10-12-16)21-18-8-4-6-14-5-2-3-7-17(14)18/h2-3,5,7,9-13,18,21H,4,6,8H2,1H3,(H,22,23)/t13-,18-/m0/s1. The van der Waals surface area contributed by atoms with Gasteiger partial charge in [0.05, 0.1) is 6.04 Å². The molecule has 0 heterocycles. The lowest BCUT2D eigenvalue weighted by atomic mass is 9.87. The Morgan fingerprint density at radius 2 is 1.91 bits per heavy atom. The van der Waals surface area contributed by atoms with Crippen LogP contribution in [0.25, 0.3) is 0 Å². The van der Waals surface area contributed by atoms with Crippen LogP contribution in [-0.2, 0) is 11.2 Å². The number of fused-ring (bicyclic) bond motifs is 1. The predicted octanol–water partition coefficient (Wildman–Crippen LogP) is 3.82. The Bertz CT molecular complexity index is 684. The Morgan fingerprint density at radius 3 is 2.70 bits per heavy atom. The van der Waals surface area contributed by atoms with E-state index in [2.05, 4.69) is 28.8 Å². The first-order chi connectivity index (χ1) is 11.1. The lowest BCUT2D eigenvalue weighted by Gasteiger charge is -2.28. The Labute approximate surface area is 135 Å². The maximum Gasteiger partial charge on any atom is 0.241 e. The first-order valence-corrected chi connectivity index (χ1v) is 8.04. The van der Waals surface area contributed by atoms with Gasteiger partial charge < -0.3 is 5.32 Å². The zero-order chi connectivity index (χ0) is 16.2. The number of aryl methyl sites for hydroxylation is 1. The zero-order valence-corrected chi connectivity index (χ0v) is 13.2. The number of nitrogens with one attached hydrogen (secondary N) is 2.